The van der Waals surface area contributed by atoms with Crippen molar-refractivity contribution in [2.45, 2.75) is 522 Å². The second-order valence-electron chi connectivity index (χ2n) is 28.8. The molecule has 0 amide bonds. The van der Waals surface area contributed by atoms with Crippen LogP contribution in [0.1, 0.15) is 522 Å². The summed E-state index contributed by atoms with van der Waals surface area (Å²) in [5.74, 6) is -2.45. The number of hydrogen-bond donors (Lipinski definition) is 1. The summed E-state index contributed by atoms with van der Waals surface area (Å²) < 4.78 is 0. The van der Waals surface area contributed by atoms with Crippen LogP contribution in [-0.2, 0) is 14.4 Å². The van der Waals surface area contributed by atoms with Crippen molar-refractivity contribution >= 4 is 55.6 Å². The number of carboxylic acid groups (broad SMARTS) is 3. The fourth-order valence-corrected chi connectivity index (χ4v) is 13.2. The van der Waals surface area contributed by atoms with Crippen molar-refractivity contribution in [1.82, 2.24) is 0 Å². The van der Waals surface area contributed by atoms with Crippen molar-refractivity contribution in [3.8, 4) is 0 Å². The molecule has 0 aliphatic rings. The van der Waals surface area contributed by atoms with Gasteiger partial charge in [-0.2, -0.15) is 0 Å². The third kappa shape index (κ3) is 106. The van der Waals surface area contributed by atoms with Gasteiger partial charge in [0.2, 0.25) is 0 Å². The topological polar surface area (TPSA) is 118 Å². The molecule has 6 nitrogen and oxygen atoms in total. The Kier molecular flexibility index (Phi) is 100. The van der Waals surface area contributed by atoms with Crippen molar-refractivity contribution in [2.24, 2.45) is 0 Å². The zero-order valence-corrected chi connectivity index (χ0v) is 65.1. The summed E-state index contributed by atoms with van der Waals surface area (Å²) in [6, 6.07) is 0. The molecule has 0 saturated carbocycles. The number of carbonyl (C=O) groups is 3. The van der Waals surface area contributed by atoms with Crippen molar-refractivity contribution < 1.29 is 29.7 Å². The minimum atomic E-state index is -0.899. The number of rotatable bonds is 78. The summed E-state index contributed by atoms with van der Waals surface area (Å²) in [7, 11) is 0. The van der Waals surface area contributed by atoms with E-state index in [0.29, 0.717) is 6.42 Å². The fraction of sp³-hybridized carbons (Fsp3) is 0.964. The number of carboxylic acids is 3. The molecule has 0 unspecified atom stereocenters. The van der Waals surface area contributed by atoms with Gasteiger partial charge in [-0.05, 0) is 32.1 Å². The summed E-state index contributed by atoms with van der Waals surface area (Å²) in [5.41, 5.74) is 0. The average Bonchev–Trinajstić information content (AvgIpc) is 3.53. The molecule has 0 aliphatic heterocycles. The van der Waals surface area contributed by atoms with E-state index in [-0.39, 0.29) is 50.6 Å². The molecule has 91 heavy (non-hydrogen) atoms. The fourth-order valence-electron chi connectivity index (χ4n) is 13.2. The van der Waals surface area contributed by atoms with E-state index in [0.717, 1.165) is 38.5 Å². The predicted octanol–water partition coefficient (Wildman–Crippen LogP) is 27.7. The summed E-state index contributed by atoms with van der Waals surface area (Å²) in [4.78, 5) is 31.1. The van der Waals surface area contributed by atoms with Crippen LogP contribution in [0, 0.1) is 0 Å². The second-order valence-corrected chi connectivity index (χ2v) is 28.8. The van der Waals surface area contributed by atoms with E-state index in [1.54, 1.807) is 0 Å². The van der Waals surface area contributed by atoms with Gasteiger partial charge in [0, 0.05) is 18.4 Å². The van der Waals surface area contributed by atoms with Crippen LogP contribution in [0.15, 0.2) is 0 Å². The first-order valence-electron chi connectivity index (χ1n) is 41.9. The predicted molar refractivity (Wildman–Crippen MR) is 401 cm³/mol. The maximum atomic E-state index is 10.4. The molecule has 0 aromatic rings. The molecule has 0 heterocycles. The van der Waals surface area contributed by atoms with Crippen LogP contribution >= 0.6 is 0 Å². The van der Waals surface area contributed by atoms with Gasteiger partial charge in [0.1, 0.15) is 0 Å². The molecular formula is C84H166CaO6. The van der Waals surface area contributed by atoms with Gasteiger partial charge in [0.15, 0.2) is 0 Å². The van der Waals surface area contributed by atoms with Crippen LogP contribution in [0.5, 0.6) is 0 Å². The van der Waals surface area contributed by atoms with Crippen LogP contribution < -0.4 is 10.2 Å². The van der Waals surface area contributed by atoms with E-state index in [1.807, 2.05) is 0 Å². The third-order valence-electron chi connectivity index (χ3n) is 19.5. The molecule has 0 aromatic heterocycles. The van der Waals surface area contributed by atoms with Crippen molar-refractivity contribution in [2.75, 3.05) is 0 Å². The van der Waals surface area contributed by atoms with E-state index in [9.17, 15) is 24.6 Å². The van der Waals surface area contributed by atoms with E-state index < -0.39 is 17.9 Å². The Hall–Kier alpha value is -0.330. The summed E-state index contributed by atoms with van der Waals surface area (Å²) in [6.07, 6.45) is 104. The van der Waals surface area contributed by atoms with Gasteiger partial charge in [-0.15, -0.1) is 0 Å². The third-order valence-corrected chi connectivity index (χ3v) is 19.5. The largest absolute Gasteiger partial charge is 2.00 e. The van der Waals surface area contributed by atoms with Crippen LogP contribution in [0.2, 0.25) is 0 Å². The first-order chi connectivity index (χ1) is 44.3. The standard InChI is InChI=1S/3C28H56O2.Ca/c3*1-2-3-4-5-6-7-8-9-10-11-12-13-14-15-16-17-18-19-20-21-22-23-24-25-26-27-28(29)30;/h3*2-27H2,1H3,(H,29,30);/q;;;+2/p-2. The van der Waals surface area contributed by atoms with Crippen molar-refractivity contribution in [3.05, 3.63) is 0 Å². The Morgan fingerprint density at radius 1 is 0.176 bits per heavy atom. The normalized spacial score (nSPS) is 11.1. The first-order valence-corrected chi connectivity index (χ1v) is 41.9. The van der Waals surface area contributed by atoms with E-state index >= 15 is 0 Å². The molecule has 7 heteroatoms. The number of hydrogen-bond acceptors (Lipinski definition) is 5. The summed E-state index contributed by atoms with van der Waals surface area (Å²) in [6.45, 7) is 6.88. The number of aliphatic carboxylic acids is 3. The molecule has 0 atom stereocenters. The van der Waals surface area contributed by atoms with Gasteiger partial charge in [0.05, 0.1) is 0 Å². The maximum Gasteiger partial charge on any atom is 2.00 e. The van der Waals surface area contributed by atoms with E-state index in [1.165, 1.54) is 443 Å². The quantitative estimate of drug-likeness (QED) is 0.0479. The Morgan fingerprint density at radius 2 is 0.264 bits per heavy atom. The molecule has 0 fully saturated rings. The Bertz CT molecular complexity index is 1140. The van der Waals surface area contributed by atoms with Gasteiger partial charge in [0.25, 0.3) is 0 Å². The van der Waals surface area contributed by atoms with Crippen LogP contribution in [-0.4, -0.2) is 60.8 Å². The molecule has 0 saturated heterocycles. The summed E-state index contributed by atoms with van der Waals surface area (Å²) >= 11 is 0. The molecular weight excluding hydrogens is 1140 g/mol. The molecule has 1 N–H and O–H groups in total. The van der Waals surface area contributed by atoms with Gasteiger partial charge in [-0.3, -0.25) is 4.79 Å². The summed E-state index contributed by atoms with van der Waals surface area (Å²) in [5, 5.41) is 29.2. The zero-order chi connectivity index (χ0) is 65.9. The monoisotopic (exact) mass is 1310 g/mol. The zero-order valence-electron chi connectivity index (χ0n) is 62.8. The van der Waals surface area contributed by atoms with Crippen LogP contribution in [0.4, 0.5) is 0 Å². The number of unbranched alkanes of at least 4 members (excludes halogenated alkanes) is 72. The average molecular weight is 1310 g/mol. The molecule has 0 radical (unpaired) electrons. The van der Waals surface area contributed by atoms with E-state index in [4.69, 9.17) is 5.11 Å². The maximum absolute atomic E-state index is 10.4. The Balaban J connectivity index is -0.000000620. The molecule has 540 valence electrons. The van der Waals surface area contributed by atoms with Crippen molar-refractivity contribution in [3.63, 3.8) is 0 Å². The molecule has 0 bridgehead atoms. The smallest absolute Gasteiger partial charge is 0.550 e. The molecule has 0 aliphatic carbocycles. The first kappa shape index (κ1) is 97.1. The second kappa shape index (κ2) is 93.9. The van der Waals surface area contributed by atoms with Crippen molar-refractivity contribution in [1.29, 1.82) is 0 Å². The molecule has 0 rings (SSSR count). The van der Waals surface area contributed by atoms with Crippen LogP contribution in [0.3, 0.4) is 0 Å². The van der Waals surface area contributed by atoms with Gasteiger partial charge < -0.3 is 24.9 Å². The number of carbonyl (C=O) groups excluding carboxylic acids is 2. The van der Waals surface area contributed by atoms with E-state index in [2.05, 4.69) is 20.8 Å². The molecule has 0 spiro atoms. The Morgan fingerprint density at radius 3 is 0.352 bits per heavy atom. The van der Waals surface area contributed by atoms with Gasteiger partial charge in [-0.1, -0.05) is 483 Å². The Labute approximate surface area is 602 Å². The minimum absolute atomic E-state index is 0. The van der Waals surface area contributed by atoms with Gasteiger partial charge in [-0.25, -0.2) is 0 Å². The van der Waals surface area contributed by atoms with Crippen LogP contribution in [0.25, 0.3) is 0 Å². The molecule has 0 aromatic carbocycles. The van der Waals surface area contributed by atoms with Gasteiger partial charge >= 0.3 is 43.7 Å². The SMILES string of the molecule is CCCCCCCCCCCCCCCCCCCCCCCCCCCC(=O)O.CCCCCCCCCCCCCCCCCCCCCCCCCCCC(=O)[O-].CCCCCCCCCCCCCCCCCCCCCCCCCCCC(=O)[O-].[Ca+2]. The minimum Gasteiger partial charge on any atom is -0.550 e.